The zero-order valence-electron chi connectivity index (χ0n) is 7.02. The van der Waals surface area contributed by atoms with E-state index < -0.39 is 15.8 Å². The van der Waals surface area contributed by atoms with E-state index in [1.54, 1.807) is 6.07 Å². The average Bonchev–Trinajstić information content (AvgIpc) is 2.35. The topological polar surface area (TPSA) is 61.2 Å². The first-order valence-electron chi connectivity index (χ1n) is 3.94. The highest BCUT2D eigenvalue weighted by molar-refractivity contribution is 7.89. The summed E-state index contributed by atoms with van der Waals surface area (Å²) in [6.07, 6.45) is 1.82. The SMILES string of the molecule is CC1CCCN1S(=O)(=O)CC#N. The lowest BCUT2D eigenvalue weighted by Gasteiger charge is -2.18. The monoisotopic (exact) mass is 188 g/mol. The van der Waals surface area contributed by atoms with E-state index in [2.05, 4.69) is 0 Å². The summed E-state index contributed by atoms with van der Waals surface area (Å²) < 4.78 is 24.1. The molecule has 12 heavy (non-hydrogen) atoms. The number of nitriles is 1. The molecule has 68 valence electrons. The molecule has 0 aliphatic carbocycles. The molecule has 1 aliphatic heterocycles. The van der Waals surface area contributed by atoms with Crippen molar-refractivity contribution in [3.63, 3.8) is 0 Å². The van der Waals surface area contributed by atoms with Crippen molar-refractivity contribution >= 4 is 10.0 Å². The summed E-state index contributed by atoms with van der Waals surface area (Å²) in [5.41, 5.74) is 0. The first-order valence-corrected chi connectivity index (χ1v) is 5.55. The van der Waals surface area contributed by atoms with E-state index in [0.29, 0.717) is 6.54 Å². The standard InChI is InChI=1S/C7H12N2O2S/c1-7-3-2-5-9(7)12(10,11)6-4-8/h7H,2-3,5-6H2,1H3. The van der Waals surface area contributed by atoms with Gasteiger partial charge in [-0.05, 0) is 19.8 Å². The lowest BCUT2D eigenvalue weighted by Crippen LogP contribution is -2.35. The second-order valence-corrected chi connectivity index (χ2v) is 4.94. The predicted octanol–water partition coefficient (Wildman–Crippen LogP) is 0.324. The van der Waals surface area contributed by atoms with Crippen molar-refractivity contribution in [1.29, 1.82) is 5.26 Å². The van der Waals surface area contributed by atoms with Crippen LogP contribution in [0.4, 0.5) is 0 Å². The van der Waals surface area contributed by atoms with Crippen LogP contribution in [0.15, 0.2) is 0 Å². The van der Waals surface area contributed by atoms with Gasteiger partial charge in [0, 0.05) is 12.6 Å². The molecular formula is C7H12N2O2S. The molecule has 0 radical (unpaired) electrons. The normalized spacial score (nSPS) is 25.5. The van der Waals surface area contributed by atoms with Crippen molar-refractivity contribution in [3.8, 4) is 6.07 Å². The molecule has 1 aliphatic rings. The molecule has 0 spiro atoms. The maximum atomic E-state index is 11.3. The fraction of sp³-hybridized carbons (Fsp3) is 0.857. The summed E-state index contributed by atoms with van der Waals surface area (Å²) >= 11 is 0. The summed E-state index contributed by atoms with van der Waals surface area (Å²) in [4.78, 5) is 0. The van der Waals surface area contributed by atoms with Crippen LogP contribution >= 0.6 is 0 Å². The van der Waals surface area contributed by atoms with Crippen LogP contribution in [0.25, 0.3) is 0 Å². The molecule has 1 atom stereocenters. The minimum Gasteiger partial charge on any atom is -0.211 e. The van der Waals surface area contributed by atoms with Gasteiger partial charge < -0.3 is 0 Å². The summed E-state index contributed by atoms with van der Waals surface area (Å²) in [5, 5.41) is 8.29. The second-order valence-electron chi connectivity index (χ2n) is 3.02. The van der Waals surface area contributed by atoms with Crippen LogP contribution in [0.5, 0.6) is 0 Å². The number of hydrogen-bond donors (Lipinski definition) is 0. The van der Waals surface area contributed by atoms with E-state index in [0.717, 1.165) is 12.8 Å². The number of hydrogen-bond acceptors (Lipinski definition) is 3. The third kappa shape index (κ3) is 1.76. The Labute approximate surface area is 72.8 Å². The van der Waals surface area contributed by atoms with Crippen molar-refractivity contribution in [1.82, 2.24) is 4.31 Å². The van der Waals surface area contributed by atoms with Gasteiger partial charge in [0.2, 0.25) is 10.0 Å². The summed E-state index contributed by atoms with van der Waals surface area (Å²) in [6.45, 7) is 2.45. The van der Waals surface area contributed by atoms with Crippen molar-refractivity contribution in [3.05, 3.63) is 0 Å². The highest BCUT2D eigenvalue weighted by Gasteiger charge is 2.30. The second kappa shape index (κ2) is 3.42. The van der Waals surface area contributed by atoms with E-state index in [-0.39, 0.29) is 6.04 Å². The van der Waals surface area contributed by atoms with Crippen LogP contribution in [-0.4, -0.2) is 31.1 Å². The minimum atomic E-state index is -3.29. The third-order valence-corrected chi connectivity index (χ3v) is 3.85. The highest BCUT2D eigenvalue weighted by atomic mass is 32.2. The van der Waals surface area contributed by atoms with E-state index in [9.17, 15) is 8.42 Å². The highest BCUT2D eigenvalue weighted by Crippen LogP contribution is 2.20. The summed E-state index contributed by atoms with van der Waals surface area (Å²) in [7, 11) is -3.29. The zero-order valence-corrected chi connectivity index (χ0v) is 7.84. The average molecular weight is 188 g/mol. The Hall–Kier alpha value is -0.600. The molecule has 1 rings (SSSR count). The maximum Gasteiger partial charge on any atom is 0.227 e. The van der Waals surface area contributed by atoms with E-state index in [4.69, 9.17) is 5.26 Å². The van der Waals surface area contributed by atoms with Gasteiger partial charge in [-0.15, -0.1) is 0 Å². The van der Waals surface area contributed by atoms with Crippen LogP contribution in [-0.2, 0) is 10.0 Å². The van der Waals surface area contributed by atoms with Gasteiger partial charge in [-0.25, -0.2) is 8.42 Å². The number of sulfonamides is 1. The van der Waals surface area contributed by atoms with E-state index >= 15 is 0 Å². The van der Waals surface area contributed by atoms with Crippen LogP contribution in [0.2, 0.25) is 0 Å². The van der Waals surface area contributed by atoms with Crippen molar-refractivity contribution in [2.24, 2.45) is 0 Å². The van der Waals surface area contributed by atoms with Crippen molar-refractivity contribution in [2.75, 3.05) is 12.3 Å². The Morgan fingerprint density at radius 1 is 1.67 bits per heavy atom. The molecule has 0 bridgehead atoms. The fourth-order valence-electron chi connectivity index (χ4n) is 1.48. The lowest BCUT2D eigenvalue weighted by molar-refractivity contribution is 0.410. The van der Waals surface area contributed by atoms with Gasteiger partial charge in [-0.3, -0.25) is 0 Å². The molecule has 0 aromatic rings. The molecule has 0 amide bonds. The molecule has 4 nitrogen and oxygen atoms in total. The fourth-order valence-corrected chi connectivity index (χ4v) is 2.87. The molecule has 1 heterocycles. The quantitative estimate of drug-likeness (QED) is 0.627. The minimum absolute atomic E-state index is 0.0725. The van der Waals surface area contributed by atoms with Gasteiger partial charge in [0.15, 0.2) is 5.75 Å². The van der Waals surface area contributed by atoms with Gasteiger partial charge in [0.05, 0.1) is 6.07 Å². The molecule has 1 saturated heterocycles. The molecular weight excluding hydrogens is 176 g/mol. The lowest BCUT2D eigenvalue weighted by atomic mass is 10.3. The van der Waals surface area contributed by atoms with Gasteiger partial charge >= 0.3 is 0 Å². The third-order valence-electron chi connectivity index (χ3n) is 2.10. The van der Waals surface area contributed by atoms with E-state index in [1.165, 1.54) is 4.31 Å². The smallest absolute Gasteiger partial charge is 0.211 e. The predicted molar refractivity (Wildman–Crippen MR) is 44.8 cm³/mol. The van der Waals surface area contributed by atoms with Crippen LogP contribution < -0.4 is 0 Å². The molecule has 5 heteroatoms. The van der Waals surface area contributed by atoms with Gasteiger partial charge in [-0.1, -0.05) is 0 Å². The largest absolute Gasteiger partial charge is 0.227 e. The molecule has 0 N–H and O–H groups in total. The van der Waals surface area contributed by atoms with Crippen LogP contribution in [0.3, 0.4) is 0 Å². The molecule has 1 fully saturated rings. The van der Waals surface area contributed by atoms with Gasteiger partial charge in [-0.2, -0.15) is 9.57 Å². The summed E-state index contributed by atoms with van der Waals surface area (Å²) in [5.74, 6) is -0.392. The van der Waals surface area contributed by atoms with Gasteiger partial charge in [0.25, 0.3) is 0 Å². The molecule has 1 unspecified atom stereocenters. The molecule has 0 aromatic carbocycles. The van der Waals surface area contributed by atoms with Crippen LogP contribution in [0, 0.1) is 11.3 Å². The van der Waals surface area contributed by atoms with Crippen molar-refractivity contribution in [2.45, 2.75) is 25.8 Å². The van der Waals surface area contributed by atoms with Gasteiger partial charge in [0.1, 0.15) is 0 Å². The number of nitrogens with zero attached hydrogens (tertiary/aromatic N) is 2. The molecule has 0 aromatic heterocycles. The van der Waals surface area contributed by atoms with Crippen molar-refractivity contribution < 1.29 is 8.42 Å². The first kappa shape index (κ1) is 9.49. The zero-order chi connectivity index (χ0) is 9.19. The maximum absolute atomic E-state index is 11.3. The van der Waals surface area contributed by atoms with E-state index in [1.807, 2.05) is 6.92 Å². The number of rotatable bonds is 2. The Morgan fingerprint density at radius 3 is 2.75 bits per heavy atom. The molecule has 0 saturated carbocycles. The van der Waals surface area contributed by atoms with Crippen LogP contribution in [0.1, 0.15) is 19.8 Å². The Bertz CT molecular complexity index is 291. The first-order chi connectivity index (χ1) is 5.58. The summed E-state index contributed by atoms with van der Waals surface area (Å²) in [6, 6.07) is 1.75. The Morgan fingerprint density at radius 2 is 2.33 bits per heavy atom. The Balaban J connectivity index is 2.76. The Kier molecular flexibility index (Phi) is 2.70.